The highest BCUT2D eigenvalue weighted by molar-refractivity contribution is 7.98. The van der Waals surface area contributed by atoms with Crippen LogP contribution in [0.5, 0.6) is 0 Å². The predicted octanol–water partition coefficient (Wildman–Crippen LogP) is 4.20. The summed E-state index contributed by atoms with van der Waals surface area (Å²) in [6, 6.07) is 13.9. The minimum absolute atomic E-state index is 0.467. The second kappa shape index (κ2) is 4.51. The molecule has 0 aliphatic carbocycles. The topological polar surface area (TPSA) is 34.1 Å². The average molecular weight is 313 g/mol. The van der Waals surface area contributed by atoms with Gasteiger partial charge in [-0.15, -0.1) is 0 Å². The lowest BCUT2D eigenvalue weighted by Crippen LogP contribution is -1.84. The molecule has 0 saturated carbocycles. The quantitative estimate of drug-likeness (QED) is 0.779. The molecule has 5 heteroatoms. The Labute approximate surface area is 121 Å². The van der Waals surface area contributed by atoms with E-state index in [9.17, 15) is 8.42 Å². The molecule has 2 atom stereocenters. The summed E-state index contributed by atoms with van der Waals surface area (Å²) in [4.78, 5) is 0. The fraction of sp³-hybridized carbons (Fsp3) is 0.143. The van der Waals surface area contributed by atoms with Gasteiger partial charge in [-0.05, 0) is 35.4 Å². The SMILES string of the molecule is O=S1(=O)C(c2ccc(Cl)cc2)C1c1ccc(Cl)cc1. The summed E-state index contributed by atoms with van der Waals surface area (Å²) in [7, 11) is -3.12. The standard InChI is InChI=1S/C14H10Cl2O2S/c15-11-5-1-9(2-6-11)13-14(19(13,17)18)10-3-7-12(16)8-4-10/h1-8,13-14H. The molecular weight excluding hydrogens is 303 g/mol. The molecule has 0 radical (unpaired) electrons. The van der Waals surface area contributed by atoms with Crippen LogP contribution >= 0.6 is 23.2 Å². The Kier molecular flexibility index (Phi) is 3.08. The Morgan fingerprint density at radius 2 is 1.00 bits per heavy atom. The number of benzene rings is 2. The first kappa shape index (κ1) is 13.0. The highest BCUT2D eigenvalue weighted by atomic mass is 35.5. The van der Waals surface area contributed by atoms with Crippen LogP contribution in [0, 0.1) is 0 Å². The van der Waals surface area contributed by atoms with Gasteiger partial charge in [0.2, 0.25) is 0 Å². The number of hydrogen-bond donors (Lipinski definition) is 0. The Morgan fingerprint density at radius 1 is 0.684 bits per heavy atom. The molecule has 19 heavy (non-hydrogen) atoms. The highest BCUT2D eigenvalue weighted by Crippen LogP contribution is 2.58. The molecule has 1 heterocycles. The lowest BCUT2D eigenvalue weighted by Gasteiger charge is -1.98. The maximum atomic E-state index is 12.1. The number of rotatable bonds is 2. The van der Waals surface area contributed by atoms with Gasteiger partial charge in [0, 0.05) is 10.0 Å². The second-order valence-corrected chi connectivity index (χ2v) is 7.60. The molecule has 0 aromatic heterocycles. The molecule has 2 aromatic rings. The minimum Gasteiger partial charge on any atom is -0.227 e. The van der Waals surface area contributed by atoms with Gasteiger partial charge in [-0.3, -0.25) is 0 Å². The lowest BCUT2D eigenvalue weighted by atomic mass is 10.0. The molecule has 1 saturated heterocycles. The van der Waals surface area contributed by atoms with Gasteiger partial charge in [0.05, 0.1) is 0 Å². The first-order valence-electron chi connectivity index (χ1n) is 5.74. The van der Waals surface area contributed by atoms with E-state index in [1.165, 1.54) is 0 Å². The van der Waals surface area contributed by atoms with Crippen LogP contribution in [-0.4, -0.2) is 8.42 Å². The summed E-state index contributed by atoms with van der Waals surface area (Å²) in [5.74, 6) is 0. The van der Waals surface area contributed by atoms with Crippen LogP contribution in [0.3, 0.4) is 0 Å². The molecule has 1 aliphatic heterocycles. The van der Waals surface area contributed by atoms with E-state index in [4.69, 9.17) is 23.2 Å². The van der Waals surface area contributed by atoms with Crippen molar-refractivity contribution in [2.45, 2.75) is 10.5 Å². The summed E-state index contributed by atoms with van der Waals surface area (Å²) in [5.41, 5.74) is 1.56. The van der Waals surface area contributed by atoms with Crippen molar-refractivity contribution in [2.75, 3.05) is 0 Å². The number of sulfone groups is 1. The van der Waals surface area contributed by atoms with Crippen LogP contribution < -0.4 is 0 Å². The molecule has 3 rings (SSSR count). The van der Waals surface area contributed by atoms with Gasteiger partial charge >= 0.3 is 0 Å². The fourth-order valence-corrected chi connectivity index (χ4v) is 4.75. The molecular formula is C14H10Cl2O2S. The van der Waals surface area contributed by atoms with E-state index in [0.29, 0.717) is 10.0 Å². The van der Waals surface area contributed by atoms with Crippen molar-refractivity contribution in [1.29, 1.82) is 0 Å². The zero-order chi connectivity index (χ0) is 13.6. The smallest absolute Gasteiger partial charge is 0.167 e. The van der Waals surface area contributed by atoms with Gasteiger partial charge in [-0.1, -0.05) is 47.5 Å². The molecule has 2 nitrogen and oxygen atoms in total. The summed E-state index contributed by atoms with van der Waals surface area (Å²) < 4.78 is 24.2. The van der Waals surface area contributed by atoms with Crippen LogP contribution in [-0.2, 0) is 9.84 Å². The van der Waals surface area contributed by atoms with Crippen molar-refractivity contribution < 1.29 is 8.42 Å². The molecule has 0 amide bonds. The number of hydrogen-bond acceptors (Lipinski definition) is 2. The highest BCUT2D eigenvalue weighted by Gasteiger charge is 2.58. The molecule has 0 N–H and O–H groups in total. The van der Waals surface area contributed by atoms with Gasteiger partial charge < -0.3 is 0 Å². The van der Waals surface area contributed by atoms with Gasteiger partial charge in [0.1, 0.15) is 10.5 Å². The fourth-order valence-electron chi connectivity index (χ4n) is 2.30. The first-order valence-corrected chi connectivity index (χ1v) is 8.10. The van der Waals surface area contributed by atoms with Crippen LogP contribution in [0.15, 0.2) is 48.5 Å². The van der Waals surface area contributed by atoms with Gasteiger partial charge in [0.15, 0.2) is 9.84 Å². The minimum atomic E-state index is -3.12. The van der Waals surface area contributed by atoms with E-state index < -0.39 is 20.3 Å². The van der Waals surface area contributed by atoms with E-state index in [-0.39, 0.29) is 0 Å². The predicted molar refractivity (Wildman–Crippen MR) is 77.3 cm³/mol. The zero-order valence-corrected chi connectivity index (χ0v) is 12.1. The Balaban J connectivity index is 1.96. The monoisotopic (exact) mass is 312 g/mol. The maximum Gasteiger partial charge on any atom is 0.167 e. The van der Waals surface area contributed by atoms with Gasteiger partial charge in [-0.25, -0.2) is 8.42 Å². The lowest BCUT2D eigenvalue weighted by molar-refractivity contribution is 0.611. The molecule has 1 fully saturated rings. The van der Waals surface area contributed by atoms with E-state index in [0.717, 1.165) is 11.1 Å². The summed E-state index contributed by atoms with van der Waals surface area (Å²) in [6.45, 7) is 0. The summed E-state index contributed by atoms with van der Waals surface area (Å²) in [5, 5.41) is 0.270. The van der Waals surface area contributed by atoms with E-state index in [2.05, 4.69) is 0 Å². The Bertz CT molecular complexity index is 649. The zero-order valence-electron chi connectivity index (χ0n) is 9.75. The first-order chi connectivity index (χ1) is 9.00. The maximum absolute atomic E-state index is 12.1. The van der Waals surface area contributed by atoms with E-state index in [1.807, 2.05) is 0 Å². The van der Waals surface area contributed by atoms with Crippen LogP contribution in [0.2, 0.25) is 10.0 Å². The van der Waals surface area contributed by atoms with Crippen molar-refractivity contribution in [1.82, 2.24) is 0 Å². The molecule has 98 valence electrons. The largest absolute Gasteiger partial charge is 0.227 e. The summed E-state index contributed by atoms with van der Waals surface area (Å²) >= 11 is 11.6. The molecule has 2 unspecified atom stereocenters. The van der Waals surface area contributed by atoms with Crippen molar-refractivity contribution >= 4 is 33.0 Å². The normalized spacial score (nSPS) is 24.1. The second-order valence-electron chi connectivity index (χ2n) is 4.53. The van der Waals surface area contributed by atoms with Crippen LogP contribution in [0.25, 0.3) is 0 Å². The third kappa shape index (κ3) is 2.27. The molecule has 0 bridgehead atoms. The van der Waals surface area contributed by atoms with Crippen molar-refractivity contribution in [3.63, 3.8) is 0 Å². The van der Waals surface area contributed by atoms with Crippen LogP contribution in [0.1, 0.15) is 21.6 Å². The van der Waals surface area contributed by atoms with E-state index >= 15 is 0 Å². The Hall–Kier alpha value is -1.03. The van der Waals surface area contributed by atoms with Crippen LogP contribution in [0.4, 0.5) is 0 Å². The average Bonchev–Trinajstić information content (AvgIpc) is 2.94. The Morgan fingerprint density at radius 3 is 1.32 bits per heavy atom. The third-order valence-corrected chi connectivity index (χ3v) is 6.00. The molecule has 1 aliphatic rings. The van der Waals surface area contributed by atoms with Gasteiger partial charge in [-0.2, -0.15) is 0 Å². The van der Waals surface area contributed by atoms with Crippen molar-refractivity contribution in [2.24, 2.45) is 0 Å². The van der Waals surface area contributed by atoms with Gasteiger partial charge in [0.25, 0.3) is 0 Å². The van der Waals surface area contributed by atoms with E-state index in [1.54, 1.807) is 48.5 Å². The number of halogens is 2. The van der Waals surface area contributed by atoms with Crippen molar-refractivity contribution in [3.8, 4) is 0 Å². The third-order valence-electron chi connectivity index (χ3n) is 3.30. The molecule has 2 aromatic carbocycles. The molecule has 0 spiro atoms. The summed E-state index contributed by atoms with van der Waals surface area (Å²) in [6.07, 6.45) is 0. The van der Waals surface area contributed by atoms with Crippen molar-refractivity contribution in [3.05, 3.63) is 69.7 Å².